The number of nitrogens with zero attached hydrogens (tertiary/aromatic N) is 2. The molecule has 0 aliphatic carbocycles. The van der Waals surface area contributed by atoms with E-state index in [1.54, 1.807) is 0 Å². The molecule has 3 rings (SSSR count). The van der Waals surface area contributed by atoms with Crippen molar-refractivity contribution in [1.82, 2.24) is 4.98 Å². The predicted octanol–water partition coefficient (Wildman–Crippen LogP) is 4.47. The second-order valence-corrected chi connectivity index (χ2v) is 6.37. The van der Waals surface area contributed by atoms with Crippen LogP contribution in [0.4, 0.5) is 0 Å². The Hall–Kier alpha value is -2.22. The molecule has 2 heteroatoms. The lowest BCUT2D eigenvalue weighted by Gasteiger charge is -2.11. The molecule has 0 bridgehead atoms. The van der Waals surface area contributed by atoms with Gasteiger partial charge in [0.2, 0.25) is 0 Å². The molecule has 1 heterocycles. The van der Waals surface area contributed by atoms with Gasteiger partial charge in [-0.3, -0.25) is 0 Å². The minimum atomic E-state index is 0.286. The fraction of sp³-hybridized carbons (Fsp3) is 0.300. The van der Waals surface area contributed by atoms with E-state index in [0.717, 1.165) is 16.6 Å². The Labute approximate surface area is 133 Å². The van der Waals surface area contributed by atoms with Gasteiger partial charge in [0, 0.05) is 5.56 Å². The van der Waals surface area contributed by atoms with Crippen LogP contribution in [0, 0.1) is 13.8 Å². The minimum absolute atomic E-state index is 0.286. The molecule has 0 radical (unpaired) electrons. The lowest BCUT2D eigenvalue weighted by molar-refractivity contribution is -0.662. The zero-order valence-corrected chi connectivity index (χ0v) is 13.9. The number of rotatable bonds is 2. The maximum atomic E-state index is 8.25. The van der Waals surface area contributed by atoms with E-state index in [1.165, 1.54) is 22.3 Å². The highest BCUT2D eigenvalue weighted by Gasteiger charge is 2.17. The maximum Gasteiger partial charge on any atom is 0.287 e. The van der Waals surface area contributed by atoms with Gasteiger partial charge in [0.25, 0.3) is 6.30 Å². The molecule has 2 aromatic carbocycles. The van der Waals surface area contributed by atoms with E-state index in [0.29, 0.717) is 5.92 Å². The van der Waals surface area contributed by atoms with Crippen molar-refractivity contribution < 1.29 is 5.94 Å². The number of fused-ring (bicyclic) bond motifs is 1. The fourth-order valence-corrected chi connectivity index (χ4v) is 2.88. The van der Waals surface area contributed by atoms with Gasteiger partial charge in [-0.05, 0) is 54.1 Å². The Bertz CT molecular complexity index is 898. The minimum Gasteiger partial charge on any atom is -0.232 e. The summed E-state index contributed by atoms with van der Waals surface area (Å²) < 4.78 is 10.1. The molecule has 22 heavy (non-hydrogen) atoms. The van der Waals surface area contributed by atoms with Crippen molar-refractivity contribution >= 4 is 10.9 Å². The van der Waals surface area contributed by atoms with Crippen molar-refractivity contribution in [2.24, 2.45) is 7.05 Å². The molecule has 0 fully saturated rings. The van der Waals surface area contributed by atoms with E-state index >= 15 is 0 Å². The van der Waals surface area contributed by atoms with Gasteiger partial charge in [0.05, 0.1) is 12.4 Å². The summed E-state index contributed by atoms with van der Waals surface area (Å²) >= 11 is 0. The van der Waals surface area contributed by atoms with Crippen molar-refractivity contribution in [3.8, 4) is 11.3 Å². The van der Waals surface area contributed by atoms with E-state index in [4.69, 9.17) is 1.37 Å². The summed E-state index contributed by atoms with van der Waals surface area (Å²) in [7, 11) is 1.92. The first-order valence-corrected chi connectivity index (χ1v) is 7.76. The van der Waals surface area contributed by atoms with Gasteiger partial charge in [-0.1, -0.05) is 37.6 Å². The summed E-state index contributed by atoms with van der Waals surface area (Å²) in [5.41, 5.74) is 6.83. The second kappa shape index (κ2) is 5.53. The molecule has 0 aliphatic rings. The van der Waals surface area contributed by atoms with Gasteiger partial charge in [-0.25, -0.2) is 4.57 Å². The molecule has 3 aromatic rings. The van der Waals surface area contributed by atoms with Gasteiger partial charge >= 0.3 is 0 Å². The fourth-order valence-electron chi connectivity index (χ4n) is 2.88. The molecular formula is C20H23N2+. The van der Waals surface area contributed by atoms with Crippen molar-refractivity contribution in [1.29, 1.82) is 0 Å². The molecule has 0 amide bonds. The molecule has 1 aromatic heterocycles. The summed E-state index contributed by atoms with van der Waals surface area (Å²) in [5, 5.41) is 1.10. The van der Waals surface area contributed by atoms with Crippen molar-refractivity contribution in [2.75, 3.05) is 0 Å². The lowest BCUT2D eigenvalue weighted by atomic mass is 9.96. The SMILES string of the molecule is [2H]c1nc2cc(C(C)C)ccc2c(-c2cc(C)ccc2C)[n+]1C. The Kier molecular flexibility index (Phi) is 3.38. The second-order valence-electron chi connectivity index (χ2n) is 6.37. The average molecular weight is 292 g/mol. The van der Waals surface area contributed by atoms with Crippen LogP contribution in [-0.4, -0.2) is 4.98 Å². The van der Waals surface area contributed by atoms with E-state index in [9.17, 15) is 0 Å². The summed E-state index contributed by atoms with van der Waals surface area (Å²) in [6.45, 7) is 8.58. The molecule has 0 saturated heterocycles. The monoisotopic (exact) mass is 292 g/mol. The third-order valence-electron chi connectivity index (χ3n) is 4.25. The maximum absolute atomic E-state index is 8.25. The van der Waals surface area contributed by atoms with Crippen LogP contribution in [0.2, 0.25) is 0 Å². The van der Waals surface area contributed by atoms with Gasteiger partial charge in [-0.15, -0.1) is 0 Å². The van der Waals surface area contributed by atoms with Gasteiger partial charge in [0.1, 0.15) is 5.69 Å². The van der Waals surface area contributed by atoms with Crippen LogP contribution in [0.25, 0.3) is 22.2 Å². The van der Waals surface area contributed by atoms with Crippen LogP contribution in [0.15, 0.2) is 42.7 Å². The number of hydrogen-bond acceptors (Lipinski definition) is 1. The van der Waals surface area contributed by atoms with Crippen molar-refractivity contribution in [3.05, 3.63) is 59.4 Å². The zero-order valence-electron chi connectivity index (χ0n) is 14.9. The molecule has 0 atom stereocenters. The molecule has 0 unspecified atom stereocenters. The standard InChI is InChI=1S/C20H23N2/c1-13(2)16-8-9-17-19(11-16)21-12-22(5)20(17)18-10-14(3)6-7-15(18)4/h6-13H,1-5H3/q+1/i12D. The van der Waals surface area contributed by atoms with Crippen LogP contribution in [0.3, 0.4) is 0 Å². The highest BCUT2D eigenvalue weighted by atomic mass is 15.0. The number of hydrogen-bond donors (Lipinski definition) is 0. The zero-order chi connectivity index (χ0) is 16.7. The van der Waals surface area contributed by atoms with Crippen LogP contribution in [0.5, 0.6) is 0 Å². The highest BCUT2D eigenvalue weighted by molar-refractivity contribution is 5.91. The Balaban J connectivity index is 2.39. The molecule has 112 valence electrons. The van der Waals surface area contributed by atoms with Crippen LogP contribution in [0.1, 0.15) is 37.8 Å². The van der Waals surface area contributed by atoms with Gasteiger partial charge in [0.15, 0.2) is 6.89 Å². The van der Waals surface area contributed by atoms with Crippen molar-refractivity contribution in [3.63, 3.8) is 0 Å². The number of aryl methyl sites for hydroxylation is 2. The lowest BCUT2D eigenvalue weighted by Crippen LogP contribution is -2.31. The molecule has 0 N–H and O–H groups in total. The summed E-state index contributed by atoms with van der Waals surface area (Å²) in [6.07, 6.45) is 0.286. The third kappa shape index (κ3) is 2.50. The number of benzene rings is 2. The van der Waals surface area contributed by atoms with Gasteiger partial charge in [-0.2, -0.15) is 0 Å². The first kappa shape index (κ1) is 13.4. The Morgan fingerprint density at radius 3 is 2.59 bits per heavy atom. The van der Waals surface area contributed by atoms with Crippen molar-refractivity contribution in [2.45, 2.75) is 33.6 Å². The van der Waals surface area contributed by atoms with E-state index in [-0.39, 0.29) is 6.30 Å². The summed E-state index contributed by atoms with van der Waals surface area (Å²) in [4.78, 5) is 4.49. The largest absolute Gasteiger partial charge is 0.287 e. The topological polar surface area (TPSA) is 16.8 Å². The first-order chi connectivity index (χ1) is 10.9. The summed E-state index contributed by atoms with van der Waals surface area (Å²) in [5.74, 6) is 0.452. The molecule has 0 aliphatic heterocycles. The van der Waals surface area contributed by atoms with Crippen LogP contribution in [-0.2, 0) is 7.05 Å². The highest BCUT2D eigenvalue weighted by Crippen LogP contribution is 2.29. The van der Waals surface area contributed by atoms with Crippen LogP contribution >= 0.6 is 0 Å². The quantitative estimate of drug-likeness (QED) is 0.637. The molecule has 2 nitrogen and oxygen atoms in total. The Morgan fingerprint density at radius 1 is 1.09 bits per heavy atom. The van der Waals surface area contributed by atoms with Crippen LogP contribution < -0.4 is 4.57 Å². The molecular weight excluding hydrogens is 268 g/mol. The third-order valence-corrected chi connectivity index (χ3v) is 4.25. The smallest absolute Gasteiger partial charge is 0.232 e. The van der Waals surface area contributed by atoms with E-state index in [2.05, 4.69) is 69.1 Å². The average Bonchev–Trinajstić information content (AvgIpc) is 2.51. The first-order valence-electron chi connectivity index (χ1n) is 8.26. The normalized spacial score (nSPS) is 12.0. The predicted molar refractivity (Wildman–Crippen MR) is 91.9 cm³/mol. The molecule has 0 saturated carbocycles. The van der Waals surface area contributed by atoms with Gasteiger partial charge < -0.3 is 0 Å². The van der Waals surface area contributed by atoms with E-state index in [1.807, 2.05) is 11.6 Å². The number of aromatic nitrogens is 2. The summed E-state index contributed by atoms with van der Waals surface area (Å²) in [6, 6.07) is 12.9. The molecule has 0 spiro atoms. The Morgan fingerprint density at radius 2 is 1.86 bits per heavy atom. The van der Waals surface area contributed by atoms with E-state index < -0.39 is 0 Å².